The highest BCUT2D eigenvalue weighted by Crippen LogP contribution is 2.49. The number of methoxy groups -OCH3 is 1. The third-order valence-electron chi connectivity index (χ3n) is 9.12. The molecule has 0 saturated carbocycles. The highest BCUT2D eigenvalue weighted by Gasteiger charge is 2.54. The van der Waals surface area contributed by atoms with Gasteiger partial charge in [0.25, 0.3) is 0 Å². The zero-order valence-corrected chi connectivity index (χ0v) is 31.1. The monoisotopic (exact) mass is 700 g/mol. The number of fused-ring (bicyclic) bond motifs is 3. The summed E-state index contributed by atoms with van der Waals surface area (Å²) in [5.41, 5.74) is 2.77. The van der Waals surface area contributed by atoms with Gasteiger partial charge in [-0.05, 0) is 53.3 Å². The van der Waals surface area contributed by atoms with E-state index in [0.717, 1.165) is 33.9 Å². The van der Waals surface area contributed by atoms with Gasteiger partial charge in [-0.15, -0.1) is 0 Å². The van der Waals surface area contributed by atoms with Crippen LogP contribution in [0, 0.1) is 5.41 Å². The lowest BCUT2D eigenvalue weighted by atomic mass is 9.79. The zero-order chi connectivity index (χ0) is 36.3. The van der Waals surface area contributed by atoms with Crippen LogP contribution in [-0.4, -0.2) is 73.7 Å². The van der Waals surface area contributed by atoms with Gasteiger partial charge in [-0.2, -0.15) is 0 Å². The molecule has 50 heavy (non-hydrogen) atoms. The van der Waals surface area contributed by atoms with Crippen molar-refractivity contribution in [2.24, 2.45) is 5.41 Å². The number of hydrogen-bond donors (Lipinski definition) is 2. The average Bonchev–Trinajstić information content (AvgIpc) is 3.55. The third kappa shape index (κ3) is 8.21. The van der Waals surface area contributed by atoms with Gasteiger partial charge in [-0.1, -0.05) is 70.7 Å². The Morgan fingerprint density at radius 2 is 1.74 bits per heavy atom. The van der Waals surface area contributed by atoms with Crippen molar-refractivity contribution in [3.63, 3.8) is 0 Å². The molecule has 1 unspecified atom stereocenters. The van der Waals surface area contributed by atoms with E-state index < -0.39 is 30.9 Å². The quantitative estimate of drug-likeness (QED) is 0.198. The van der Waals surface area contributed by atoms with Gasteiger partial charge in [0.05, 0.1) is 12.5 Å². The molecule has 2 N–H and O–H groups in total. The standard InChI is InChI=1S/C37H48N6O6Si/c1-36(2,3)33(45)42(22-26-12-9-8-11-25(26)20-40-35(47)48-4)23-31(44)41-30-17-27-18-37(19-28(27)21-39-30)29-13-10-14-38-32(29)43(34(37)46)24-49-15-16-50(5,6)7/h8-14,17,21H,15-16,18-20,22-24H2,1-7H3,(H,40,47)(H,39,41,44). The van der Waals surface area contributed by atoms with E-state index in [0.29, 0.717) is 31.1 Å². The summed E-state index contributed by atoms with van der Waals surface area (Å²) in [4.78, 5) is 65.1. The molecular formula is C37H48N6O6Si. The number of carbonyl (C=O) groups is 4. The number of carbonyl (C=O) groups excluding carboxylic acids is 4. The Balaban J connectivity index is 1.30. The van der Waals surface area contributed by atoms with Gasteiger partial charge in [0.15, 0.2) is 0 Å². The first-order chi connectivity index (χ1) is 23.6. The van der Waals surface area contributed by atoms with Crippen molar-refractivity contribution < 1.29 is 28.7 Å². The summed E-state index contributed by atoms with van der Waals surface area (Å²) in [5, 5.41) is 5.56. The second-order valence-electron chi connectivity index (χ2n) is 15.3. The number of hydrogen-bond acceptors (Lipinski definition) is 8. The van der Waals surface area contributed by atoms with Crippen molar-refractivity contribution in [3.8, 4) is 0 Å². The van der Waals surface area contributed by atoms with Crippen LogP contribution in [0.4, 0.5) is 16.4 Å². The minimum atomic E-state index is -1.28. The highest BCUT2D eigenvalue weighted by atomic mass is 28.3. The fraction of sp³-hybridized carbons (Fsp3) is 0.459. The molecule has 0 saturated heterocycles. The minimum Gasteiger partial charge on any atom is -0.453 e. The molecule has 0 radical (unpaired) electrons. The van der Waals surface area contributed by atoms with Gasteiger partial charge in [0, 0.05) is 51.1 Å². The Morgan fingerprint density at radius 1 is 1.02 bits per heavy atom. The van der Waals surface area contributed by atoms with Gasteiger partial charge in [-0.25, -0.2) is 14.8 Å². The molecule has 266 valence electrons. The highest BCUT2D eigenvalue weighted by molar-refractivity contribution is 6.76. The van der Waals surface area contributed by atoms with E-state index in [1.807, 2.05) is 63.2 Å². The number of nitrogens with zero attached hydrogens (tertiary/aromatic N) is 4. The van der Waals surface area contributed by atoms with Crippen LogP contribution >= 0.6 is 0 Å². The van der Waals surface area contributed by atoms with Gasteiger partial charge in [-0.3, -0.25) is 19.3 Å². The van der Waals surface area contributed by atoms with E-state index in [4.69, 9.17) is 9.47 Å². The van der Waals surface area contributed by atoms with Crippen LogP contribution in [0.3, 0.4) is 0 Å². The van der Waals surface area contributed by atoms with Crippen LogP contribution in [0.1, 0.15) is 48.6 Å². The molecule has 3 heterocycles. The Bertz CT molecular complexity index is 1770. The molecule has 13 heteroatoms. The predicted molar refractivity (Wildman–Crippen MR) is 193 cm³/mol. The Labute approximate surface area is 295 Å². The number of amides is 4. The summed E-state index contributed by atoms with van der Waals surface area (Å²) < 4.78 is 10.7. The van der Waals surface area contributed by atoms with Gasteiger partial charge < -0.3 is 25.0 Å². The fourth-order valence-corrected chi connectivity index (χ4v) is 7.20. The SMILES string of the molecule is COC(=O)NCc1ccccc1CN(CC(=O)Nc1cc2c(cn1)CC1(C2)C(=O)N(COCC[Si](C)(C)C)c2ncccc21)C(=O)C(C)(C)C. The number of alkyl carbamates (subject to hydrolysis) is 1. The smallest absolute Gasteiger partial charge is 0.407 e. The third-order valence-corrected chi connectivity index (χ3v) is 10.8. The zero-order valence-electron chi connectivity index (χ0n) is 30.1. The molecule has 4 amide bonds. The molecule has 12 nitrogen and oxygen atoms in total. The number of pyridine rings is 2. The first kappa shape index (κ1) is 36.7. The van der Waals surface area contributed by atoms with Crippen LogP contribution in [0.2, 0.25) is 25.7 Å². The van der Waals surface area contributed by atoms with Crippen molar-refractivity contribution in [1.29, 1.82) is 0 Å². The first-order valence-electron chi connectivity index (χ1n) is 16.9. The van der Waals surface area contributed by atoms with Gasteiger partial charge in [0.1, 0.15) is 24.9 Å². The molecule has 2 aromatic heterocycles. The topological polar surface area (TPSA) is 143 Å². The van der Waals surface area contributed by atoms with Gasteiger partial charge in [0.2, 0.25) is 17.7 Å². The number of nitrogens with one attached hydrogen (secondary N) is 2. The molecule has 0 bridgehead atoms. The summed E-state index contributed by atoms with van der Waals surface area (Å²) in [5.74, 6) is 0.333. The second kappa shape index (κ2) is 14.7. The first-order valence-corrected chi connectivity index (χ1v) is 20.6. The summed E-state index contributed by atoms with van der Waals surface area (Å²) in [6, 6.07) is 14.1. The van der Waals surface area contributed by atoms with E-state index in [1.54, 1.807) is 17.3 Å². The van der Waals surface area contributed by atoms with Crippen molar-refractivity contribution in [1.82, 2.24) is 20.2 Å². The largest absolute Gasteiger partial charge is 0.453 e. The van der Waals surface area contributed by atoms with Crippen LogP contribution in [0.15, 0.2) is 54.9 Å². The molecule has 1 aliphatic carbocycles. The Kier molecular flexibility index (Phi) is 10.8. The van der Waals surface area contributed by atoms with E-state index in [2.05, 4.69) is 40.2 Å². The van der Waals surface area contributed by atoms with Crippen LogP contribution in [-0.2, 0) is 55.2 Å². The second-order valence-corrected chi connectivity index (χ2v) is 20.9. The van der Waals surface area contributed by atoms with Gasteiger partial charge >= 0.3 is 6.09 Å². The average molecular weight is 701 g/mol. The molecule has 1 aromatic carbocycles. The van der Waals surface area contributed by atoms with Crippen LogP contribution < -0.4 is 15.5 Å². The van der Waals surface area contributed by atoms with Crippen molar-refractivity contribution in [2.45, 2.75) is 77.8 Å². The molecular weight excluding hydrogens is 653 g/mol. The molecule has 1 aliphatic heterocycles. The Morgan fingerprint density at radius 3 is 2.44 bits per heavy atom. The maximum absolute atomic E-state index is 14.1. The van der Waals surface area contributed by atoms with Crippen LogP contribution in [0.25, 0.3) is 0 Å². The molecule has 3 aromatic rings. The van der Waals surface area contributed by atoms with E-state index >= 15 is 0 Å². The Hall–Kier alpha value is -4.62. The lowest BCUT2D eigenvalue weighted by Gasteiger charge is -2.30. The molecule has 5 rings (SSSR count). The summed E-state index contributed by atoms with van der Waals surface area (Å²) in [7, 11) is 0.0111. The maximum Gasteiger partial charge on any atom is 0.407 e. The summed E-state index contributed by atoms with van der Waals surface area (Å²) in [6.07, 6.45) is 3.78. The summed E-state index contributed by atoms with van der Waals surface area (Å²) >= 11 is 0. The number of anilines is 2. The number of benzene rings is 1. The van der Waals surface area contributed by atoms with E-state index in [9.17, 15) is 19.2 Å². The molecule has 0 fully saturated rings. The lowest BCUT2D eigenvalue weighted by Crippen LogP contribution is -2.43. The maximum atomic E-state index is 14.1. The number of rotatable bonds is 12. The molecule has 1 atom stereocenters. The molecule has 1 spiro atoms. The fourth-order valence-electron chi connectivity index (χ4n) is 6.44. The van der Waals surface area contributed by atoms with Crippen molar-refractivity contribution in [2.75, 3.05) is 37.2 Å². The summed E-state index contributed by atoms with van der Waals surface area (Å²) in [6.45, 7) is 13.2. The predicted octanol–water partition coefficient (Wildman–Crippen LogP) is 5.04. The number of ether oxygens (including phenoxy) is 2. The van der Waals surface area contributed by atoms with Crippen LogP contribution in [0.5, 0.6) is 0 Å². The molecule has 2 aliphatic rings. The number of aromatic nitrogens is 2. The lowest BCUT2D eigenvalue weighted by molar-refractivity contribution is -0.142. The van der Waals surface area contributed by atoms with Crippen molar-refractivity contribution in [3.05, 3.63) is 82.7 Å². The van der Waals surface area contributed by atoms with E-state index in [1.165, 1.54) is 12.0 Å². The normalized spacial score (nSPS) is 16.6. The van der Waals surface area contributed by atoms with E-state index in [-0.39, 0.29) is 38.2 Å². The van der Waals surface area contributed by atoms with Crippen molar-refractivity contribution >= 4 is 43.5 Å². The minimum absolute atomic E-state index is 0.0422.